The highest BCUT2D eigenvalue weighted by molar-refractivity contribution is 5.33. The molecule has 1 unspecified atom stereocenters. The molecule has 2 rings (SSSR count). The van der Waals surface area contributed by atoms with Crippen LogP contribution in [0.1, 0.15) is 44.6 Å². The quantitative estimate of drug-likeness (QED) is 0.834. The summed E-state index contributed by atoms with van der Waals surface area (Å²) in [6.07, 6.45) is 6.76. The first-order valence-electron chi connectivity index (χ1n) is 7.18. The Morgan fingerprint density at radius 2 is 2.00 bits per heavy atom. The average molecular weight is 248 g/mol. The maximum Gasteiger partial charge on any atom is 0.122 e. The molecule has 0 amide bonds. The van der Waals surface area contributed by atoms with Gasteiger partial charge in [0.15, 0.2) is 0 Å². The van der Waals surface area contributed by atoms with E-state index in [9.17, 15) is 5.11 Å². The average Bonchev–Trinajstić information content (AvgIpc) is 2.89. The number of hydrogen-bond acceptors (Lipinski definition) is 2. The fraction of sp³-hybridized carbons (Fsp3) is 0.625. The number of benzene rings is 1. The third-order valence-corrected chi connectivity index (χ3v) is 3.86. The van der Waals surface area contributed by atoms with Crippen LogP contribution in [-0.2, 0) is 6.42 Å². The van der Waals surface area contributed by atoms with Crippen LogP contribution in [0.2, 0.25) is 0 Å². The summed E-state index contributed by atoms with van der Waals surface area (Å²) < 4.78 is 5.75. The van der Waals surface area contributed by atoms with Gasteiger partial charge in [0.1, 0.15) is 12.4 Å². The molecule has 1 aliphatic carbocycles. The topological polar surface area (TPSA) is 29.5 Å². The van der Waals surface area contributed by atoms with Crippen LogP contribution in [0.15, 0.2) is 24.3 Å². The molecule has 100 valence electrons. The Morgan fingerprint density at radius 3 is 2.72 bits per heavy atom. The van der Waals surface area contributed by atoms with E-state index in [2.05, 4.69) is 13.0 Å². The summed E-state index contributed by atoms with van der Waals surface area (Å²) in [5.41, 5.74) is 1.21. The van der Waals surface area contributed by atoms with Crippen molar-refractivity contribution in [2.45, 2.75) is 51.6 Å². The van der Waals surface area contributed by atoms with Crippen LogP contribution in [-0.4, -0.2) is 17.8 Å². The molecule has 0 aromatic heterocycles. The van der Waals surface area contributed by atoms with Crippen molar-refractivity contribution in [3.05, 3.63) is 29.8 Å². The third-order valence-electron chi connectivity index (χ3n) is 3.86. The lowest BCUT2D eigenvalue weighted by Gasteiger charge is -2.17. The molecule has 0 spiro atoms. The minimum Gasteiger partial charge on any atom is -0.491 e. The predicted molar refractivity (Wildman–Crippen MR) is 73.9 cm³/mol. The van der Waals surface area contributed by atoms with Crippen LogP contribution in [0.3, 0.4) is 0 Å². The summed E-state index contributed by atoms with van der Waals surface area (Å²) >= 11 is 0. The number of aliphatic hydroxyl groups excluding tert-OH is 1. The zero-order valence-electron chi connectivity index (χ0n) is 11.3. The molecule has 0 bridgehead atoms. The number of hydrogen-bond donors (Lipinski definition) is 1. The zero-order valence-corrected chi connectivity index (χ0v) is 11.3. The summed E-state index contributed by atoms with van der Waals surface area (Å²) in [6.45, 7) is 2.55. The third kappa shape index (κ3) is 3.74. The maximum atomic E-state index is 10.0. The van der Waals surface area contributed by atoms with Gasteiger partial charge in [0.2, 0.25) is 0 Å². The molecule has 2 heteroatoms. The van der Waals surface area contributed by atoms with E-state index in [1.54, 1.807) is 0 Å². The molecule has 0 heterocycles. The van der Waals surface area contributed by atoms with Crippen LogP contribution >= 0.6 is 0 Å². The van der Waals surface area contributed by atoms with E-state index in [-0.39, 0.29) is 6.10 Å². The van der Waals surface area contributed by atoms with Crippen molar-refractivity contribution >= 4 is 0 Å². The normalized spacial score (nSPS) is 17.9. The van der Waals surface area contributed by atoms with Gasteiger partial charge in [-0.3, -0.25) is 0 Å². The van der Waals surface area contributed by atoms with Gasteiger partial charge in [-0.1, -0.05) is 50.8 Å². The Morgan fingerprint density at radius 1 is 1.28 bits per heavy atom. The second-order valence-electron chi connectivity index (χ2n) is 5.31. The van der Waals surface area contributed by atoms with E-state index in [1.165, 1.54) is 31.2 Å². The maximum absolute atomic E-state index is 10.0. The minimum absolute atomic E-state index is 0.321. The number of aryl methyl sites for hydroxylation is 1. The lowest BCUT2D eigenvalue weighted by Crippen LogP contribution is -2.20. The zero-order chi connectivity index (χ0) is 12.8. The first kappa shape index (κ1) is 13.4. The molecule has 1 aromatic rings. The van der Waals surface area contributed by atoms with E-state index in [4.69, 9.17) is 4.74 Å². The number of para-hydroxylation sites is 1. The first-order valence-corrected chi connectivity index (χ1v) is 7.18. The molecule has 0 saturated heterocycles. The number of ether oxygens (including phenoxy) is 1. The van der Waals surface area contributed by atoms with Crippen LogP contribution in [0.4, 0.5) is 0 Å². The Kier molecular flexibility index (Phi) is 5.06. The van der Waals surface area contributed by atoms with E-state index in [0.29, 0.717) is 12.5 Å². The lowest BCUT2D eigenvalue weighted by molar-refractivity contribution is 0.0851. The molecular formula is C16H24O2. The van der Waals surface area contributed by atoms with Crippen LogP contribution in [0.5, 0.6) is 5.75 Å². The Balaban J connectivity index is 1.79. The van der Waals surface area contributed by atoms with Crippen molar-refractivity contribution in [3.63, 3.8) is 0 Å². The second kappa shape index (κ2) is 6.79. The second-order valence-corrected chi connectivity index (χ2v) is 5.31. The SMILES string of the molecule is CCc1ccccc1OCC(O)CC1CCCC1. The molecule has 18 heavy (non-hydrogen) atoms. The van der Waals surface area contributed by atoms with Crippen LogP contribution in [0, 0.1) is 5.92 Å². The molecule has 1 aromatic carbocycles. The van der Waals surface area contributed by atoms with Crippen molar-refractivity contribution in [2.24, 2.45) is 5.92 Å². The Labute approximate surface area is 110 Å². The van der Waals surface area contributed by atoms with Gasteiger partial charge in [0, 0.05) is 0 Å². The van der Waals surface area contributed by atoms with Crippen molar-refractivity contribution in [1.29, 1.82) is 0 Å². The standard InChI is InChI=1S/C16H24O2/c1-2-14-9-5-6-10-16(14)18-12-15(17)11-13-7-3-4-8-13/h5-6,9-10,13,15,17H,2-4,7-8,11-12H2,1H3. The monoisotopic (exact) mass is 248 g/mol. The highest BCUT2D eigenvalue weighted by Crippen LogP contribution is 2.28. The van der Waals surface area contributed by atoms with Crippen LogP contribution < -0.4 is 4.74 Å². The molecule has 2 nitrogen and oxygen atoms in total. The molecular weight excluding hydrogens is 224 g/mol. The van der Waals surface area contributed by atoms with Gasteiger partial charge >= 0.3 is 0 Å². The summed E-state index contributed by atoms with van der Waals surface area (Å²) in [7, 11) is 0. The Hall–Kier alpha value is -1.02. The van der Waals surface area contributed by atoms with Crippen molar-refractivity contribution in [2.75, 3.05) is 6.61 Å². The van der Waals surface area contributed by atoms with Gasteiger partial charge in [-0.15, -0.1) is 0 Å². The summed E-state index contributed by atoms with van der Waals surface area (Å²) in [5.74, 6) is 1.63. The van der Waals surface area contributed by atoms with Crippen molar-refractivity contribution in [3.8, 4) is 5.75 Å². The van der Waals surface area contributed by atoms with Gasteiger partial charge in [-0.2, -0.15) is 0 Å². The van der Waals surface area contributed by atoms with Gasteiger partial charge in [-0.05, 0) is 30.4 Å². The minimum atomic E-state index is -0.321. The van der Waals surface area contributed by atoms with Crippen molar-refractivity contribution in [1.82, 2.24) is 0 Å². The molecule has 1 saturated carbocycles. The Bertz CT molecular complexity index is 356. The number of aliphatic hydroxyl groups is 1. The molecule has 0 aliphatic heterocycles. The predicted octanol–water partition coefficient (Wildman–Crippen LogP) is 3.57. The fourth-order valence-corrected chi connectivity index (χ4v) is 2.82. The molecule has 1 aliphatic rings. The highest BCUT2D eigenvalue weighted by Gasteiger charge is 2.19. The first-order chi connectivity index (χ1) is 8.79. The van der Waals surface area contributed by atoms with Gasteiger partial charge < -0.3 is 9.84 Å². The summed E-state index contributed by atoms with van der Waals surface area (Å²) in [6, 6.07) is 8.08. The molecule has 1 N–H and O–H groups in total. The molecule has 1 fully saturated rings. The van der Waals surface area contributed by atoms with Gasteiger partial charge in [0.25, 0.3) is 0 Å². The lowest BCUT2D eigenvalue weighted by atomic mass is 10.0. The van der Waals surface area contributed by atoms with E-state index in [1.807, 2.05) is 18.2 Å². The van der Waals surface area contributed by atoms with E-state index < -0.39 is 0 Å². The van der Waals surface area contributed by atoms with E-state index >= 15 is 0 Å². The molecule has 1 atom stereocenters. The fourth-order valence-electron chi connectivity index (χ4n) is 2.82. The summed E-state index contributed by atoms with van der Waals surface area (Å²) in [4.78, 5) is 0. The van der Waals surface area contributed by atoms with Gasteiger partial charge in [-0.25, -0.2) is 0 Å². The highest BCUT2D eigenvalue weighted by atomic mass is 16.5. The summed E-state index contributed by atoms with van der Waals surface area (Å²) in [5, 5.41) is 10.0. The number of rotatable bonds is 6. The van der Waals surface area contributed by atoms with Gasteiger partial charge in [0.05, 0.1) is 6.10 Å². The van der Waals surface area contributed by atoms with Crippen LogP contribution in [0.25, 0.3) is 0 Å². The van der Waals surface area contributed by atoms with E-state index in [0.717, 1.165) is 18.6 Å². The smallest absolute Gasteiger partial charge is 0.122 e. The molecule has 0 radical (unpaired) electrons. The largest absolute Gasteiger partial charge is 0.491 e. The van der Waals surface area contributed by atoms with Crippen molar-refractivity contribution < 1.29 is 9.84 Å².